The van der Waals surface area contributed by atoms with Gasteiger partial charge in [-0.2, -0.15) is 0 Å². The van der Waals surface area contributed by atoms with Crippen LogP contribution in [0.4, 0.5) is 0 Å². The van der Waals surface area contributed by atoms with Crippen LogP contribution in [0, 0.1) is 0 Å². The molecular formula is C10H11NO4S. The lowest BCUT2D eigenvalue weighted by atomic mass is 10.2. The summed E-state index contributed by atoms with van der Waals surface area (Å²) in [6.07, 6.45) is 1.51. The number of carboxylic acid groups (broad SMARTS) is 1. The minimum absolute atomic E-state index is 0.153. The summed E-state index contributed by atoms with van der Waals surface area (Å²) >= 11 is 1.35. The number of hydrogen-bond acceptors (Lipinski definition) is 4. The Kier molecular flexibility index (Phi) is 3.19. The van der Waals surface area contributed by atoms with Crippen LogP contribution in [-0.2, 0) is 16.1 Å². The zero-order valence-corrected chi connectivity index (χ0v) is 9.27. The van der Waals surface area contributed by atoms with Gasteiger partial charge < -0.3 is 14.4 Å². The SMILES string of the molecule is O=C(O)C1CSCC(=O)N1Cc1ccco1. The maximum absolute atomic E-state index is 11.6. The third-order valence-corrected chi connectivity index (χ3v) is 3.39. The average Bonchev–Trinajstić information content (AvgIpc) is 2.73. The van der Waals surface area contributed by atoms with Gasteiger partial charge in [0.05, 0.1) is 18.6 Å². The molecule has 1 aliphatic heterocycles. The molecule has 0 bridgehead atoms. The van der Waals surface area contributed by atoms with E-state index in [-0.39, 0.29) is 12.5 Å². The molecular weight excluding hydrogens is 230 g/mol. The normalized spacial score (nSPS) is 21.1. The van der Waals surface area contributed by atoms with Gasteiger partial charge in [-0.1, -0.05) is 0 Å². The van der Waals surface area contributed by atoms with E-state index < -0.39 is 12.0 Å². The van der Waals surface area contributed by atoms with Gasteiger partial charge in [-0.25, -0.2) is 4.79 Å². The minimum Gasteiger partial charge on any atom is -0.480 e. The molecule has 1 atom stereocenters. The van der Waals surface area contributed by atoms with Crippen molar-refractivity contribution >= 4 is 23.6 Å². The third-order valence-electron chi connectivity index (χ3n) is 2.39. The molecule has 0 saturated carbocycles. The highest BCUT2D eigenvalue weighted by Gasteiger charge is 2.33. The molecule has 1 saturated heterocycles. The first-order valence-corrected chi connectivity index (χ1v) is 5.96. The van der Waals surface area contributed by atoms with Crippen LogP contribution in [0.25, 0.3) is 0 Å². The quantitative estimate of drug-likeness (QED) is 0.847. The summed E-state index contributed by atoms with van der Waals surface area (Å²) in [5, 5.41) is 9.02. The van der Waals surface area contributed by atoms with Crippen LogP contribution >= 0.6 is 11.8 Å². The Morgan fingerprint density at radius 2 is 2.50 bits per heavy atom. The molecule has 16 heavy (non-hydrogen) atoms. The van der Waals surface area contributed by atoms with Crippen molar-refractivity contribution in [2.75, 3.05) is 11.5 Å². The summed E-state index contributed by atoms with van der Waals surface area (Å²) in [4.78, 5) is 24.0. The lowest BCUT2D eigenvalue weighted by Crippen LogP contribution is -2.49. The Bertz CT molecular complexity index is 390. The number of carbonyl (C=O) groups is 2. The van der Waals surface area contributed by atoms with E-state index in [4.69, 9.17) is 9.52 Å². The highest BCUT2D eigenvalue weighted by atomic mass is 32.2. The van der Waals surface area contributed by atoms with Crippen molar-refractivity contribution in [3.05, 3.63) is 24.2 Å². The highest BCUT2D eigenvalue weighted by Crippen LogP contribution is 2.20. The second kappa shape index (κ2) is 4.61. The first-order valence-electron chi connectivity index (χ1n) is 4.81. The largest absolute Gasteiger partial charge is 0.480 e. The van der Waals surface area contributed by atoms with Crippen LogP contribution < -0.4 is 0 Å². The Morgan fingerprint density at radius 3 is 3.12 bits per heavy atom. The van der Waals surface area contributed by atoms with Gasteiger partial charge in [-0.15, -0.1) is 11.8 Å². The second-order valence-electron chi connectivity index (χ2n) is 3.47. The fourth-order valence-corrected chi connectivity index (χ4v) is 2.58. The van der Waals surface area contributed by atoms with Gasteiger partial charge in [0.25, 0.3) is 0 Å². The molecule has 1 unspecified atom stereocenters. The summed E-state index contributed by atoms with van der Waals surface area (Å²) in [5.74, 6) is 0.255. The number of carbonyl (C=O) groups excluding carboxylic acids is 1. The van der Waals surface area contributed by atoms with Crippen LogP contribution in [-0.4, -0.2) is 39.4 Å². The monoisotopic (exact) mass is 241 g/mol. The van der Waals surface area contributed by atoms with Crippen molar-refractivity contribution in [3.8, 4) is 0 Å². The van der Waals surface area contributed by atoms with E-state index in [9.17, 15) is 9.59 Å². The minimum atomic E-state index is -0.966. The van der Waals surface area contributed by atoms with E-state index >= 15 is 0 Å². The Labute approximate surface area is 96.4 Å². The number of nitrogens with zero attached hydrogens (tertiary/aromatic N) is 1. The van der Waals surface area contributed by atoms with E-state index in [1.807, 2.05) is 0 Å². The van der Waals surface area contributed by atoms with E-state index in [2.05, 4.69) is 0 Å². The summed E-state index contributed by atoms with van der Waals surface area (Å²) in [7, 11) is 0. The van der Waals surface area contributed by atoms with Gasteiger partial charge in [-0.3, -0.25) is 4.79 Å². The van der Waals surface area contributed by atoms with E-state index in [1.54, 1.807) is 12.1 Å². The number of hydrogen-bond donors (Lipinski definition) is 1. The average molecular weight is 241 g/mol. The number of carboxylic acids is 1. The molecule has 6 heteroatoms. The Balaban J connectivity index is 2.13. The number of aliphatic carboxylic acids is 1. The van der Waals surface area contributed by atoms with Crippen LogP contribution in [0.15, 0.2) is 22.8 Å². The molecule has 0 aliphatic carbocycles. The molecule has 0 spiro atoms. The topological polar surface area (TPSA) is 70.8 Å². The number of thioether (sulfide) groups is 1. The van der Waals surface area contributed by atoms with Crippen LogP contribution in [0.1, 0.15) is 5.76 Å². The van der Waals surface area contributed by atoms with Gasteiger partial charge in [0.1, 0.15) is 11.8 Å². The summed E-state index contributed by atoms with van der Waals surface area (Å²) in [5.41, 5.74) is 0. The first-order chi connectivity index (χ1) is 7.68. The first kappa shape index (κ1) is 11.1. The predicted octanol–water partition coefficient (Wildman–Crippen LogP) is 0.808. The molecule has 1 aliphatic rings. The van der Waals surface area contributed by atoms with Crippen molar-refractivity contribution in [3.63, 3.8) is 0 Å². The standard InChI is InChI=1S/C10H11NO4S/c12-9-6-16-5-8(10(13)14)11(9)4-7-2-1-3-15-7/h1-3,8H,4-6H2,(H,13,14). The molecule has 1 fully saturated rings. The maximum Gasteiger partial charge on any atom is 0.327 e. The Morgan fingerprint density at radius 1 is 1.69 bits per heavy atom. The van der Waals surface area contributed by atoms with Crippen molar-refractivity contribution in [1.29, 1.82) is 0 Å². The molecule has 5 nitrogen and oxygen atoms in total. The van der Waals surface area contributed by atoms with E-state index in [1.165, 1.54) is 22.9 Å². The summed E-state index contributed by atoms with van der Waals surface area (Å²) in [6.45, 7) is 0.226. The molecule has 86 valence electrons. The van der Waals surface area contributed by atoms with Crippen molar-refractivity contribution in [2.24, 2.45) is 0 Å². The molecule has 0 aromatic carbocycles. The van der Waals surface area contributed by atoms with Crippen LogP contribution in [0.5, 0.6) is 0 Å². The van der Waals surface area contributed by atoms with Crippen LogP contribution in [0.3, 0.4) is 0 Å². The summed E-state index contributed by atoms with van der Waals surface area (Å²) < 4.78 is 5.12. The smallest absolute Gasteiger partial charge is 0.327 e. The molecule has 1 aromatic heterocycles. The fourth-order valence-electron chi connectivity index (χ4n) is 1.58. The van der Waals surface area contributed by atoms with Gasteiger partial charge >= 0.3 is 5.97 Å². The zero-order chi connectivity index (χ0) is 11.5. The zero-order valence-electron chi connectivity index (χ0n) is 8.46. The lowest BCUT2D eigenvalue weighted by molar-refractivity contribution is -0.149. The van der Waals surface area contributed by atoms with Crippen molar-refractivity contribution in [1.82, 2.24) is 4.90 Å². The van der Waals surface area contributed by atoms with Gasteiger partial charge in [-0.05, 0) is 12.1 Å². The van der Waals surface area contributed by atoms with Gasteiger partial charge in [0.2, 0.25) is 5.91 Å². The van der Waals surface area contributed by atoms with Crippen molar-refractivity contribution in [2.45, 2.75) is 12.6 Å². The van der Waals surface area contributed by atoms with Gasteiger partial charge in [0.15, 0.2) is 0 Å². The molecule has 1 aromatic rings. The number of amides is 1. The molecule has 2 rings (SSSR count). The van der Waals surface area contributed by atoms with E-state index in [0.29, 0.717) is 17.3 Å². The second-order valence-corrected chi connectivity index (χ2v) is 4.50. The third kappa shape index (κ3) is 2.21. The highest BCUT2D eigenvalue weighted by molar-refractivity contribution is 8.00. The number of rotatable bonds is 3. The fraction of sp³-hybridized carbons (Fsp3) is 0.400. The molecule has 1 amide bonds. The predicted molar refractivity (Wildman–Crippen MR) is 58.0 cm³/mol. The Hall–Kier alpha value is -1.43. The maximum atomic E-state index is 11.6. The molecule has 0 radical (unpaired) electrons. The number of furan rings is 1. The molecule has 2 heterocycles. The van der Waals surface area contributed by atoms with Gasteiger partial charge in [0, 0.05) is 5.75 Å². The van der Waals surface area contributed by atoms with E-state index in [0.717, 1.165) is 0 Å². The van der Waals surface area contributed by atoms with Crippen molar-refractivity contribution < 1.29 is 19.1 Å². The van der Waals surface area contributed by atoms with Crippen LogP contribution in [0.2, 0.25) is 0 Å². The molecule has 1 N–H and O–H groups in total. The lowest BCUT2D eigenvalue weighted by Gasteiger charge is -2.31. The summed E-state index contributed by atoms with van der Waals surface area (Å²) in [6, 6.07) is 2.69.